The molecule has 1 amide bonds. The summed E-state index contributed by atoms with van der Waals surface area (Å²) in [6.45, 7) is 9.01. The topological polar surface area (TPSA) is 46.9 Å². The fourth-order valence-corrected chi connectivity index (χ4v) is 3.70. The van der Waals surface area contributed by atoms with E-state index in [1.165, 1.54) is 11.8 Å². The van der Waals surface area contributed by atoms with Gasteiger partial charge in [0.1, 0.15) is 0 Å². The second kappa shape index (κ2) is 8.97. The Morgan fingerprint density at radius 3 is 2.76 bits per heavy atom. The third kappa shape index (κ3) is 5.16. The summed E-state index contributed by atoms with van der Waals surface area (Å²) in [6, 6.07) is 5.00. The third-order valence-corrected chi connectivity index (χ3v) is 5.65. The number of benzene rings is 1. The summed E-state index contributed by atoms with van der Waals surface area (Å²) < 4.78 is 2.19. The highest BCUT2D eigenvalue weighted by atomic mass is 35.5. The number of rotatable bonds is 7. The van der Waals surface area contributed by atoms with Crippen LogP contribution in [-0.4, -0.2) is 20.7 Å². The van der Waals surface area contributed by atoms with Gasteiger partial charge in [0.15, 0.2) is 5.16 Å². The minimum atomic E-state index is -0.309. The van der Waals surface area contributed by atoms with Crippen molar-refractivity contribution in [1.82, 2.24) is 9.55 Å². The number of anilines is 1. The molecule has 0 saturated heterocycles. The molecule has 2 rings (SSSR count). The number of halogens is 2. The molecule has 0 aliphatic heterocycles. The van der Waals surface area contributed by atoms with Crippen molar-refractivity contribution in [3.63, 3.8) is 0 Å². The highest BCUT2D eigenvalue weighted by Crippen LogP contribution is 2.29. The third-order valence-electron chi connectivity index (χ3n) is 4.00. The lowest BCUT2D eigenvalue weighted by Gasteiger charge is -2.14. The maximum atomic E-state index is 12.5. The van der Waals surface area contributed by atoms with Crippen molar-refractivity contribution >= 4 is 46.6 Å². The van der Waals surface area contributed by atoms with E-state index in [2.05, 4.69) is 28.7 Å². The number of carbonyl (C=O) groups is 1. The highest BCUT2D eigenvalue weighted by molar-refractivity contribution is 8.00. The number of thioether (sulfide) groups is 1. The van der Waals surface area contributed by atoms with E-state index in [-0.39, 0.29) is 11.2 Å². The van der Waals surface area contributed by atoms with Crippen molar-refractivity contribution < 1.29 is 4.79 Å². The number of nitrogens with one attached hydrogen (secondary N) is 1. The van der Waals surface area contributed by atoms with Gasteiger partial charge >= 0.3 is 0 Å². The maximum absolute atomic E-state index is 12.5. The molecule has 4 nitrogen and oxygen atoms in total. The van der Waals surface area contributed by atoms with Gasteiger partial charge in [-0.25, -0.2) is 4.98 Å². The van der Waals surface area contributed by atoms with Crippen LogP contribution in [0.1, 0.15) is 38.1 Å². The van der Waals surface area contributed by atoms with Crippen LogP contribution in [-0.2, 0) is 11.3 Å². The average Bonchev–Trinajstić information content (AvgIpc) is 2.83. The zero-order valence-electron chi connectivity index (χ0n) is 14.9. The molecule has 1 aromatic heterocycles. The average molecular weight is 400 g/mol. The number of hydrogen-bond acceptors (Lipinski definition) is 3. The first kappa shape index (κ1) is 20.1. The molecule has 1 N–H and O–H groups in total. The smallest absolute Gasteiger partial charge is 0.237 e. The number of amides is 1. The normalized spacial score (nSPS) is 12.2. The molecule has 0 aliphatic rings. The molecule has 0 radical (unpaired) electrons. The van der Waals surface area contributed by atoms with Crippen LogP contribution in [0.4, 0.5) is 5.69 Å². The van der Waals surface area contributed by atoms with Gasteiger partial charge in [-0.15, -0.1) is 0 Å². The van der Waals surface area contributed by atoms with Crippen molar-refractivity contribution in [1.29, 1.82) is 0 Å². The number of aryl methyl sites for hydroxylation is 1. The summed E-state index contributed by atoms with van der Waals surface area (Å²) in [7, 11) is 0. The van der Waals surface area contributed by atoms with Crippen molar-refractivity contribution in [2.24, 2.45) is 0 Å². The standard InChI is InChI=1S/C18H23Cl2N3OS/c1-5-6-9-23-12(3)11(2)21-18(23)25-13(4)17(24)22-16-10-14(19)7-8-15(16)20/h7-8,10,13H,5-6,9H2,1-4H3,(H,22,24). The molecule has 0 saturated carbocycles. The molecule has 1 unspecified atom stereocenters. The van der Waals surface area contributed by atoms with Crippen molar-refractivity contribution in [3.05, 3.63) is 39.6 Å². The molecule has 0 bridgehead atoms. The van der Waals surface area contributed by atoms with E-state index in [0.29, 0.717) is 15.7 Å². The Kier molecular flexibility index (Phi) is 7.23. The zero-order chi connectivity index (χ0) is 18.6. The molecule has 0 fully saturated rings. The first-order valence-corrected chi connectivity index (χ1v) is 9.93. The minimum absolute atomic E-state index is 0.130. The Balaban J connectivity index is 2.11. The van der Waals surface area contributed by atoms with Gasteiger partial charge in [0.2, 0.25) is 5.91 Å². The predicted molar refractivity (Wildman–Crippen MR) is 107 cm³/mol. The lowest BCUT2D eigenvalue weighted by Crippen LogP contribution is -2.23. The summed E-state index contributed by atoms with van der Waals surface area (Å²) in [5, 5.41) is 4.40. The fourth-order valence-electron chi connectivity index (χ4n) is 2.33. The Bertz CT molecular complexity index is 761. The lowest BCUT2D eigenvalue weighted by molar-refractivity contribution is -0.115. The first-order valence-electron chi connectivity index (χ1n) is 8.29. The second-order valence-corrected chi connectivity index (χ2v) is 8.10. The van der Waals surface area contributed by atoms with Crippen LogP contribution in [0.2, 0.25) is 10.0 Å². The van der Waals surface area contributed by atoms with Gasteiger partial charge in [0.25, 0.3) is 0 Å². The quantitative estimate of drug-likeness (QED) is 0.604. The van der Waals surface area contributed by atoms with Crippen molar-refractivity contribution in [3.8, 4) is 0 Å². The summed E-state index contributed by atoms with van der Waals surface area (Å²) in [4.78, 5) is 17.1. The molecule has 1 atom stereocenters. The monoisotopic (exact) mass is 399 g/mol. The molecule has 136 valence electrons. The largest absolute Gasteiger partial charge is 0.324 e. The van der Waals surface area contributed by atoms with Crippen LogP contribution in [0.5, 0.6) is 0 Å². The number of unbranched alkanes of at least 4 members (excludes halogenated alkanes) is 1. The minimum Gasteiger partial charge on any atom is -0.324 e. The Morgan fingerprint density at radius 2 is 2.08 bits per heavy atom. The Hall–Kier alpha value is -1.17. The first-order chi connectivity index (χ1) is 11.8. The van der Waals surface area contributed by atoms with E-state index in [4.69, 9.17) is 23.2 Å². The van der Waals surface area contributed by atoms with E-state index < -0.39 is 0 Å². The van der Waals surface area contributed by atoms with Gasteiger partial charge in [0, 0.05) is 17.3 Å². The summed E-state index contributed by atoms with van der Waals surface area (Å²) in [5.41, 5.74) is 2.68. The maximum Gasteiger partial charge on any atom is 0.237 e. The number of imidazole rings is 1. The van der Waals surface area contributed by atoms with Crippen molar-refractivity contribution in [2.45, 2.75) is 57.5 Å². The number of carbonyl (C=O) groups excluding carboxylic acids is 1. The molecular weight excluding hydrogens is 377 g/mol. The summed E-state index contributed by atoms with van der Waals surface area (Å²) >= 11 is 13.5. The molecule has 7 heteroatoms. The molecular formula is C18H23Cl2N3OS. The van der Waals surface area contributed by atoms with Crippen LogP contribution in [0.25, 0.3) is 0 Å². The Morgan fingerprint density at radius 1 is 1.36 bits per heavy atom. The zero-order valence-corrected chi connectivity index (χ0v) is 17.2. The van der Waals surface area contributed by atoms with E-state index in [9.17, 15) is 4.79 Å². The summed E-state index contributed by atoms with van der Waals surface area (Å²) in [5.74, 6) is -0.130. The summed E-state index contributed by atoms with van der Waals surface area (Å²) in [6.07, 6.45) is 2.20. The van der Waals surface area contributed by atoms with Crippen LogP contribution in [0, 0.1) is 13.8 Å². The highest BCUT2D eigenvalue weighted by Gasteiger charge is 2.20. The van der Waals surface area contributed by atoms with Gasteiger partial charge in [0.05, 0.1) is 21.7 Å². The molecule has 0 spiro atoms. The van der Waals surface area contributed by atoms with Gasteiger partial charge in [-0.05, 0) is 45.4 Å². The van der Waals surface area contributed by atoms with Gasteiger partial charge in [-0.1, -0.05) is 48.3 Å². The molecule has 2 aromatic rings. The SMILES string of the molecule is CCCCn1c(SC(C)C(=O)Nc2cc(Cl)ccc2Cl)nc(C)c1C. The van der Waals surface area contributed by atoms with Crippen molar-refractivity contribution in [2.75, 3.05) is 5.32 Å². The molecule has 1 heterocycles. The van der Waals surface area contributed by atoms with E-state index in [1.807, 2.05) is 13.8 Å². The Labute approximate surface area is 163 Å². The fraction of sp³-hybridized carbons (Fsp3) is 0.444. The van der Waals surface area contributed by atoms with E-state index >= 15 is 0 Å². The van der Waals surface area contributed by atoms with Gasteiger partial charge in [-0.3, -0.25) is 4.79 Å². The number of hydrogen-bond donors (Lipinski definition) is 1. The number of aromatic nitrogens is 2. The van der Waals surface area contributed by atoms with E-state index in [0.717, 1.165) is 35.9 Å². The second-order valence-electron chi connectivity index (χ2n) is 5.94. The molecule has 25 heavy (non-hydrogen) atoms. The predicted octanol–water partition coefficient (Wildman–Crippen LogP) is 5.73. The lowest BCUT2D eigenvalue weighted by atomic mass is 10.3. The van der Waals surface area contributed by atoms with Crippen LogP contribution >= 0.6 is 35.0 Å². The van der Waals surface area contributed by atoms with Crippen LogP contribution in [0.3, 0.4) is 0 Å². The number of nitrogens with zero attached hydrogens (tertiary/aromatic N) is 2. The van der Waals surface area contributed by atoms with Gasteiger partial charge < -0.3 is 9.88 Å². The van der Waals surface area contributed by atoms with E-state index in [1.54, 1.807) is 18.2 Å². The van der Waals surface area contributed by atoms with Crippen LogP contribution < -0.4 is 5.32 Å². The van der Waals surface area contributed by atoms with Gasteiger partial charge in [-0.2, -0.15) is 0 Å². The van der Waals surface area contributed by atoms with Crippen LogP contribution in [0.15, 0.2) is 23.4 Å². The molecule has 1 aromatic carbocycles. The molecule has 0 aliphatic carbocycles.